The van der Waals surface area contributed by atoms with Crippen molar-refractivity contribution in [2.75, 3.05) is 6.54 Å². The normalized spacial score (nSPS) is 13.1. The zero-order valence-corrected chi connectivity index (χ0v) is 9.55. The van der Waals surface area contributed by atoms with Crippen molar-refractivity contribution in [3.8, 4) is 0 Å². The first-order valence-electron chi connectivity index (χ1n) is 5.54. The van der Waals surface area contributed by atoms with Gasteiger partial charge in [-0.25, -0.2) is 0 Å². The van der Waals surface area contributed by atoms with Gasteiger partial charge in [-0.1, -0.05) is 33.6 Å². The number of hydrogen-bond donors (Lipinski definition) is 2. The van der Waals surface area contributed by atoms with Gasteiger partial charge in [0.05, 0.1) is 0 Å². The van der Waals surface area contributed by atoms with E-state index in [1.807, 2.05) is 6.92 Å². The van der Waals surface area contributed by atoms with Crippen molar-refractivity contribution in [1.29, 1.82) is 0 Å². The van der Waals surface area contributed by atoms with Gasteiger partial charge in [-0.3, -0.25) is 4.79 Å². The lowest BCUT2D eigenvalue weighted by molar-refractivity contribution is -0.139. The van der Waals surface area contributed by atoms with E-state index in [0.29, 0.717) is 6.42 Å². The number of nitrogens with one attached hydrogen (secondary N) is 1. The van der Waals surface area contributed by atoms with Crippen LogP contribution >= 0.6 is 0 Å². The molecule has 0 aromatic carbocycles. The summed E-state index contributed by atoms with van der Waals surface area (Å²) in [6, 6.07) is -0.367. The molecule has 0 saturated carbocycles. The molecule has 0 aromatic rings. The van der Waals surface area contributed by atoms with Gasteiger partial charge >= 0.3 is 5.97 Å². The van der Waals surface area contributed by atoms with Crippen molar-refractivity contribution in [3.05, 3.63) is 0 Å². The lowest BCUT2D eigenvalue weighted by Crippen LogP contribution is -2.36. The maximum Gasteiger partial charge on any atom is 0.320 e. The summed E-state index contributed by atoms with van der Waals surface area (Å²) in [4.78, 5) is 10.6. The molecule has 84 valence electrons. The summed E-state index contributed by atoms with van der Waals surface area (Å²) >= 11 is 0. The van der Waals surface area contributed by atoms with Crippen LogP contribution in [0.1, 0.15) is 46.5 Å². The van der Waals surface area contributed by atoms with E-state index >= 15 is 0 Å². The van der Waals surface area contributed by atoms with Gasteiger partial charge < -0.3 is 10.4 Å². The summed E-state index contributed by atoms with van der Waals surface area (Å²) in [5.41, 5.74) is 0. The van der Waals surface area contributed by atoms with Crippen molar-refractivity contribution in [3.63, 3.8) is 0 Å². The van der Waals surface area contributed by atoms with Crippen LogP contribution in [0.25, 0.3) is 0 Å². The summed E-state index contributed by atoms with van der Waals surface area (Å²) in [7, 11) is 0. The molecule has 1 atom stereocenters. The van der Waals surface area contributed by atoms with Crippen molar-refractivity contribution in [1.82, 2.24) is 5.32 Å². The molecule has 0 rings (SSSR count). The molecule has 2 N–H and O–H groups in total. The number of carboxylic acid groups (broad SMARTS) is 1. The summed E-state index contributed by atoms with van der Waals surface area (Å²) in [6.45, 7) is 7.12. The molecule has 1 unspecified atom stereocenters. The highest BCUT2D eigenvalue weighted by atomic mass is 16.4. The molecular formula is C11H23NO2. The van der Waals surface area contributed by atoms with Crippen LogP contribution in [0.2, 0.25) is 0 Å². The maximum atomic E-state index is 10.6. The third-order valence-corrected chi connectivity index (χ3v) is 2.31. The van der Waals surface area contributed by atoms with E-state index in [-0.39, 0.29) is 6.04 Å². The van der Waals surface area contributed by atoms with Crippen molar-refractivity contribution in [2.24, 2.45) is 5.92 Å². The Bertz CT molecular complexity index is 157. The monoisotopic (exact) mass is 201 g/mol. The number of rotatable bonds is 8. The van der Waals surface area contributed by atoms with E-state index in [4.69, 9.17) is 5.11 Å². The van der Waals surface area contributed by atoms with Crippen LogP contribution in [0.15, 0.2) is 0 Å². The van der Waals surface area contributed by atoms with E-state index in [9.17, 15) is 4.79 Å². The van der Waals surface area contributed by atoms with Crippen molar-refractivity contribution < 1.29 is 9.90 Å². The molecule has 0 aromatic heterocycles. The quantitative estimate of drug-likeness (QED) is 0.592. The molecule has 0 bridgehead atoms. The topological polar surface area (TPSA) is 49.3 Å². The number of hydrogen-bond acceptors (Lipinski definition) is 2. The molecule has 0 aliphatic carbocycles. The predicted octanol–water partition coefficient (Wildman–Crippen LogP) is 2.27. The standard InChI is InChI=1S/C11H23NO2/c1-4-10(11(13)14)12-8-6-5-7-9(2)3/h9-10,12H,4-8H2,1-3H3,(H,13,14). The number of carbonyl (C=O) groups is 1. The van der Waals surface area contributed by atoms with Gasteiger partial charge in [0.1, 0.15) is 6.04 Å². The highest BCUT2D eigenvalue weighted by molar-refractivity contribution is 5.73. The third kappa shape index (κ3) is 6.89. The van der Waals surface area contributed by atoms with Gasteiger partial charge in [0, 0.05) is 0 Å². The second kappa shape index (κ2) is 7.80. The van der Waals surface area contributed by atoms with Gasteiger partial charge in [0.25, 0.3) is 0 Å². The Balaban J connectivity index is 3.38. The van der Waals surface area contributed by atoms with Gasteiger partial charge in [-0.2, -0.15) is 0 Å². The average Bonchev–Trinajstić information content (AvgIpc) is 2.10. The zero-order valence-electron chi connectivity index (χ0n) is 9.55. The van der Waals surface area contributed by atoms with E-state index < -0.39 is 5.97 Å². The molecule has 0 saturated heterocycles. The van der Waals surface area contributed by atoms with E-state index in [1.165, 1.54) is 12.8 Å². The van der Waals surface area contributed by atoms with Gasteiger partial charge in [-0.15, -0.1) is 0 Å². The highest BCUT2D eigenvalue weighted by Crippen LogP contribution is 2.05. The molecule has 0 amide bonds. The number of aliphatic carboxylic acids is 1. The maximum absolute atomic E-state index is 10.6. The minimum Gasteiger partial charge on any atom is -0.480 e. The van der Waals surface area contributed by atoms with Gasteiger partial charge in [-0.05, 0) is 25.3 Å². The first-order chi connectivity index (χ1) is 6.57. The summed E-state index contributed by atoms with van der Waals surface area (Å²) < 4.78 is 0. The fraction of sp³-hybridized carbons (Fsp3) is 0.909. The van der Waals surface area contributed by atoms with Crippen molar-refractivity contribution >= 4 is 5.97 Å². The highest BCUT2D eigenvalue weighted by Gasteiger charge is 2.12. The summed E-state index contributed by atoms with van der Waals surface area (Å²) in [5, 5.41) is 11.8. The number of unbranched alkanes of at least 4 members (excludes halogenated alkanes) is 1. The Morgan fingerprint density at radius 1 is 1.36 bits per heavy atom. The van der Waals surface area contributed by atoms with E-state index in [2.05, 4.69) is 19.2 Å². The molecular weight excluding hydrogens is 178 g/mol. The van der Waals surface area contributed by atoms with Crippen LogP contribution in [0, 0.1) is 5.92 Å². The largest absolute Gasteiger partial charge is 0.480 e. The van der Waals surface area contributed by atoms with Crippen molar-refractivity contribution in [2.45, 2.75) is 52.5 Å². The Morgan fingerprint density at radius 3 is 2.43 bits per heavy atom. The zero-order chi connectivity index (χ0) is 11.0. The molecule has 0 fully saturated rings. The molecule has 0 radical (unpaired) electrons. The Morgan fingerprint density at radius 2 is 2.00 bits per heavy atom. The smallest absolute Gasteiger partial charge is 0.320 e. The lowest BCUT2D eigenvalue weighted by atomic mass is 10.1. The minimum atomic E-state index is -0.739. The van der Waals surface area contributed by atoms with E-state index in [0.717, 1.165) is 18.9 Å². The number of carboxylic acids is 1. The van der Waals surface area contributed by atoms with Gasteiger partial charge in [0.2, 0.25) is 0 Å². The van der Waals surface area contributed by atoms with Crippen LogP contribution in [-0.2, 0) is 4.79 Å². The van der Waals surface area contributed by atoms with Crippen LogP contribution in [-0.4, -0.2) is 23.7 Å². The van der Waals surface area contributed by atoms with Crippen LogP contribution < -0.4 is 5.32 Å². The molecule has 0 aliphatic rings. The van der Waals surface area contributed by atoms with Crippen LogP contribution in [0.4, 0.5) is 0 Å². The molecule has 3 nitrogen and oxygen atoms in total. The lowest BCUT2D eigenvalue weighted by Gasteiger charge is -2.12. The SMILES string of the molecule is CCC(NCCCCC(C)C)C(=O)O. The predicted molar refractivity (Wildman–Crippen MR) is 58.4 cm³/mol. The van der Waals surface area contributed by atoms with Gasteiger partial charge in [0.15, 0.2) is 0 Å². The minimum absolute atomic E-state index is 0.367. The Kier molecular flexibility index (Phi) is 7.48. The Hall–Kier alpha value is -0.570. The van der Waals surface area contributed by atoms with Crippen LogP contribution in [0.3, 0.4) is 0 Å². The summed E-state index contributed by atoms with van der Waals surface area (Å²) in [6.07, 6.45) is 4.13. The molecule has 0 spiro atoms. The molecule has 0 aliphatic heterocycles. The fourth-order valence-corrected chi connectivity index (χ4v) is 1.36. The Labute approximate surface area is 86.9 Å². The van der Waals surface area contributed by atoms with E-state index in [1.54, 1.807) is 0 Å². The summed E-state index contributed by atoms with van der Waals surface area (Å²) in [5.74, 6) is 0.00723. The first kappa shape index (κ1) is 13.4. The molecule has 3 heteroatoms. The molecule has 0 heterocycles. The fourth-order valence-electron chi connectivity index (χ4n) is 1.36. The third-order valence-electron chi connectivity index (χ3n) is 2.31. The van der Waals surface area contributed by atoms with Crippen LogP contribution in [0.5, 0.6) is 0 Å². The molecule has 14 heavy (non-hydrogen) atoms. The second-order valence-corrected chi connectivity index (χ2v) is 4.14. The first-order valence-corrected chi connectivity index (χ1v) is 5.54. The average molecular weight is 201 g/mol. The second-order valence-electron chi connectivity index (χ2n) is 4.14.